The van der Waals surface area contributed by atoms with E-state index in [0.717, 1.165) is 17.0 Å². The molecule has 0 bridgehead atoms. The van der Waals surface area contributed by atoms with Gasteiger partial charge in [0.15, 0.2) is 0 Å². The van der Waals surface area contributed by atoms with Crippen LogP contribution in [0, 0.1) is 5.92 Å². The Balaban J connectivity index is 1.52. The summed E-state index contributed by atoms with van der Waals surface area (Å²) in [6.07, 6.45) is 0.226. The maximum absolute atomic E-state index is 12.6. The highest BCUT2D eigenvalue weighted by Crippen LogP contribution is 2.28. The fourth-order valence-electron chi connectivity index (χ4n) is 3.31. The molecule has 0 saturated carbocycles. The van der Waals surface area contributed by atoms with Gasteiger partial charge in [-0.05, 0) is 38.1 Å². The average molecular weight is 399 g/mol. The smallest absolute Gasteiger partial charge is 0.250 e. The van der Waals surface area contributed by atoms with Gasteiger partial charge in [0.1, 0.15) is 5.75 Å². The molecule has 0 radical (unpaired) electrons. The van der Waals surface area contributed by atoms with Gasteiger partial charge in [-0.1, -0.05) is 0 Å². The molecule has 1 aliphatic rings. The molecule has 28 heavy (non-hydrogen) atoms. The Morgan fingerprint density at radius 2 is 2.07 bits per heavy atom. The standard InChI is InChI=1S/C19H21N5O3S/c1-11(2)23-9-13(8-16(23)25)17(26)20-18-21-19-24(22-18)15(10-28-19)12-4-6-14(27-3)7-5-12/h4-7,10-11,13H,8-9H2,1-3H3,(H,20,22,26). The molecule has 1 unspecified atom stereocenters. The van der Waals surface area contributed by atoms with Crippen LogP contribution in [0.2, 0.25) is 0 Å². The number of nitrogens with one attached hydrogen (secondary N) is 1. The van der Waals surface area contributed by atoms with Crippen LogP contribution in [0.3, 0.4) is 0 Å². The number of methoxy groups -OCH3 is 1. The third-order valence-electron chi connectivity index (χ3n) is 4.85. The first-order valence-electron chi connectivity index (χ1n) is 9.05. The van der Waals surface area contributed by atoms with E-state index in [-0.39, 0.29) is 36.1 Å². The molecule has 0 spiro atoms. The molecule has 3 heterocycles. The number of carbonyl (C=O) groups is 2. The molecule has 9 heteroatoms. The topological polar surface area (TPSA) is 88.8 Å². The van der Waals surface area contributed by atoms with Crippen molar-refractivity contribution in [3.8, 4) is 17.0 Å². The maximum atomic E-state index is 12.6. The first kappa shape index (κ1) is 18.4. The molecular formula is C19H21N5O3S. The van der Waals surface area contributed by atoms with Crippen molar-refractivity contribution in [1.82, 2.24) is 19.5 Å². The number of fused-ring (bicyclic) bond motifs is 1. The van der Waals surface area contributed by atoms with E-state index in [9.17, 15) is 9.59 Å². The van der Waals surface area contributed by atoms with Gasteiger partial charge in [-0.3, -0.25) is 14.9 Å². The van der Waals surface area contributed by atoms with Crippen molar-refractivity contribution < 1.29 is 14.3 Å². The zero-order valence-electron chi connectivity index (χ0n) is 15.9. The summed E-state index contributed by atoms with van der Waals surface area (Å²) in [4.78, 5) is 31.4. The quantitative estimate of drug-likeness (QED) is 0.713. The summed E-state index contributed by atoms with van der Waals surface area (Å²) in [5.41, 5.74) is 1.86. The summed E-state index contributed by atoms with van der Waals surface area (Å²) in [6, 6.07) is 7.76. The second kappa shape index (κ2) is 7.23. The lowest BCUT2D eigenvalue weighted by Crippen LogP contribution is -2.33. The number of hydrogen-bond donors (Lipinski definition) is 1. The second-order valence-corrected chi connectivity index (χ2v) is 7.85. The van der Waals surface area contributed by atoms with E-state index >= 15 is 0 Å². The molecule has 8 nitrogen and oxygen atoms in total. The van der Waals surface area contributed by atoms with E-state index in [4.69, 9.17) is 4.74 Å². The minimum Gasteiger partial charge on any atom is -0.497 e. The predicted molar refractivity (Wildman–Crippen MR) is 106 cm³/mol. The number of amides is 2. The summed E-state index contributed by atoms with van der Waals surface area (Å²) in [5.74, 6) is 0.444. The fraction of sp³-hybridized carbons (Fsp3) is 0.368. The van der Waals surface area contributed by atoms with Gasteiger partial charge in [0, 0.05) is 30.0 Å². The van der Waals surface area contributed by atoms with Crippen LogP contribution in [0.5, 0.6) is 5.75 Å². The summed E-state index contributed by atoms with van der Waals surface area (Å²) in [6.45, 7) is 4.33. The van der Waals surface area contributed by atoms with E-state index in [1.165, 1.54) is 11.3 Å². The van der Waals surface area contributed by atoms with Crippen molar-refractivity contribution in [2.45, 2.75) is 26.3 Å². The van der Waals surface area contributed by atoms with Crippen molar-refractivity contribution in [2.24, 2.45) is 5.92 Å². The predicted octanol–water partition coefficient (Wildman–Crippen LogP) is 2.66. The average Bonchev–Trinajstić information content (AvgIpc) is 3.35. The van der Waals surface area contributed by atoms with E-state index in [2.05, 4.69) is 15.4 Å². The van der Waals surface area contributed by atoms with Crippen molar-refractivity contribution in [3.63, 3.8) is 0 Å². The molecule has 1 fully saturated rings. The molecule has 0 aliphatic carbocycles. The Hall–Kier alpha value is -2.94. The van der Waals surface area contributed by atoms with Gasteiger partial charge in [0.05, 0.1) is 18.7 Å². The molecule has 1 N–H and O–H groups in total. The highest BCUT2D eigenvalue weighted by Gasteiger charge is 2.35. The Bertz CT molecular complexity index is 1020. The molecule has 2 amide bonds. The van der Waals surface area contributed by atoms with Crippen molar-refractivity contribution >= 4 is 34.1 Å². The highest BCUT2D eigenvalue weighted by atomic mass is 32.1. The first-order valence-corrected chi connectivity index (χ1v) is 9.93. The van der Waals surface area contributed by atoms with E-state index in [1.807, 2.05) is 43.5 Å². The number of thiazole rings is 1. The lowest BCUT2D eigenvalue weighted by atomic mass is 10.1. The van der Waals surface area contributed by atoms with Gasteiger partial charge in [-0.2, -0.15) is 4.98 Å². The van der Waals surface area contributed by atoms with Gasteiger partial charge in [-0.25, -0.2) is 4.52 Å². The molecule has 1 aromatic carbocycles. The number of ether oxygens (including phenoxy) is 1. The summed E-state index contributed by atoms with van der Waals surface area (Å²) >= 11 is 1.45. The zero-order chi connectivity index (χ0) is 19.8. The molecular weight excluding hydrogens is 378 g/mol. The number of likely N-dealkylation sites (tertiary alicyclic amines) is 1. The zero-order valence-corrected chi connectivity index (χ0v) is 16.7. The molecule has 1 saturated heterocycles. The van der Waals surface area contributed by atoms with Gasteiger partial charge in [-0.15, -0.1) is 16.4 Å². The van der Waals surface area contributed by atoms with E-state index < -0.39 is 0 Å². The molecule has 146 valence electrons. The van der Waals surface area contributed by atoms with Gasteiger partial charge in [0.2, 0.25) is 22.7 Å². The molecule has 1 atom stereocenters. The third kappa shape index (κ3) is 3.33. The second-order valence-electron chi connectivity index (χ2n) is 7.01. The van der Waals surface area contributed by atoms with Crippen molar-refractivity contribution in [3.05, 3.63) is 29.6 Å². The number of benzene rings is 1. The summed E-state index contributed by atoms with van der Waals surface area (Å²) < 4.78 is 6.90. The summed E-state index contributed by atoms with van der Waals surface area (Å²) in [5, 5.41) is 9.16. The Morgan fingerprint density at radius 1 is 1.32 bits per heavy atom. The normalized spacial score (nSPS) is 16.9. The fourth-order valence-corrected chi connectivity index (χ4v) is 4.14. The highest BCUT2D eigenvalue weighted by molar-refractivity contribution is 7.15. The number of aromatic nitrogens is 3. The molecule has 3 aromatic rings. The minimum atomic E-state index is -0.377. The minimum absolute atomic E-state index is 0.00993. The van der Waals surface area contributed by atoms with E-state index in [0.29, 0.717) is 11.5 Å². The summed E-state index contributed by atoms with van der Waals surface area (Å²) in [7, 11) is 1.63. The SMILES string of the molecule is COc1ccc(-c2csc3nc(NC(=O)C4CC(=O)N(C(C)C)C4)nn23)cc1. The van der Waals surface area contributed by atoms with Crippen molar-refractivity contribution in [2.75, 3.05) is 19.0 Å². The Morgan fingerprint density at radius 3 is 2.71 bits per heavy atom. The van der Waals surface area contributed by atoms with Crippen LogP contribution in [0.4, 0.5) is 5.95 Å². The van der Waals surface area contributed by atoms with Crippen LogP contribution >= 0.6 is 11.3 Å². The number of nitrogens with zero attached hydrogens (tertiary/aromatic N) is 4. The molecule has 1 aliphatic heterocycles. The van der Waals surface area contributed by atoms with Crippen LogP contribution in [0.15, 0.2) is 29.6 Å². The Kier molecular flexibility index (Phi) is 4.76. The number of hydrogen-bond acceptors (Lipinski definition) is 6. The largest absolute Gasteiger partial charge is 0.497 e. The Labute approximate surface area is 166 Å². The maximum Gasteiger partial charge on any atom is 0.250 e. The van der Waals surface area contributed by atoms with Crippen LogP contribution in [-0.4, -0.2) is 51.0 Å². The van der Waals surface area contributed by atoms with Crippen LogP contribution in [0.25, 0.3) is 16.2 Å². The van der Waals surface area contributed by atoms with Crippen LogP contribution in [-0.2, 0) is 9.59 Å². The van der Waals surface area contributed by atoms with Crippen LogP contribution in [0.1, 0.15) is 20.3 Å². The molecule has 2 aromatic heterocycles. The number of rotatable bonds is 5. The van der Waals surface area contributed by atoms with Gasteiger partial charge in [0.25, 0.3) is 0 Å². The lowest BCUT2D eigenvalue weighted by Gasteiger charge is -2.20. The van der Waals surface area contributed by atoms with Gasteiger partial charge >= 0.3 is 0 Å². The van der Waals surface area contributed by atoms with E-state index in [1.54, 1.807) is 16.5 Å². The number of carbonyl (C=O) groups excluding carboxylic acids is 2. The van der Waals surface area contributed by atoms with Crippen molar-refractivity contribution in [1.29, 1.82) is 0 Å². The first-order chi connectivity index (χ1) is 13.5. The monoisotopic (exact) mass is 399 g/mol. The third-order valence-corrected chi connectivity index (χ3v) is 5.67. The van der Waals surface area contributed by atoms with Crippen LogP contribution < -0.4 is 10.1 Å². The molecule has 4 rings (SSSR count). The number of anilines is 1. The lowest BCUT2D eigenvalue weighted by molar-refractivity contribution is -0.129. The van der Waals surface area contributed by atoms with Gasteiger partial charge < -0.3 is 9.64 Å².